The number of sulfone groups is 1. The van der Waals surface area contributed by atoms with Gasteiger partial charge in [-0.2, -0.15) is 0 Å². The summed E-state index contributed by atoms with van der Waals surface area (Å²) in [5, 5.41) is 0. The van der Waals surface area contributed by atoms with Crippen LogP contribution in [0, 0.1) is 10.5 Å². The van der Waals surface area contributed by atoms with Crippen molar-refractivity contribution in [2.75, 3.05) is 17.7 Å². The maximum Gasteiger partial charge on any atom is 0.259 e. The Balaban J connectivity index is 2.04. The molecule has 1 aliphatic heterocycles. The summed E-state index contributed by atoms with van der Waals surface area (Å²) in [7, 11) is -3.24. The van der Waals surface area contributed by atoms with Crippen molar-refractivity contribution in [3.63, 3.8) is 0 Å². The summed E-state index contributed by atoms with van der Waals surface area (Å²) in [5.74, 6) is -0.0313. The van der Waals surface area contributed by atoms with E-state index in [2.05, 4.69) is 22.6 Å². The van der Waals surface area contributed by atoms with Crippen molar-refractivity contribution >= 4 is 44.0 Å². The number of benzene rings is 2. The first-order valence-corrected chi connectivity index (χ1v) is 10.7. The number of anilines is 1. The van der Waals surface area contributed by atoms with Crippen LogP contribution in [0.1, 0.15) is 27.9 Å². The molecule has 3 rings (SSSR count). The maximum absolute atomic E-state index is 13.0. The van der Waals surface area contributed by atoms with E-state index in [1.54, 1.807) is 23.1 Å². The van der Waals surface area contributed by atoms with Crippen LogP contribution >= 0.6 is 22.6 Å². The van der Waals surface area contributed by atoms with Gasteiger partial charge in [-0.3, -0.25) is 4.79 Å². The van der Waals surface area contributed by atoms with Gasteiger partial charge in [0, 0.05) is 22.1 Å². The summed E-state index contributed by atoms with van der Waals surface area (Å²) < 4.78 is 24.5. The molecule has 0 fully saturated rings. The zero-order valence-electron chi connectivity index (χ0n) is 13.5. The molecular weight excluding hydrogens is 437 g/mol. The van der Waals surface area contributed by atoms with Crippen LogP contribution in [0.4, 0.5) is 5.69 Å². The van der Waals surface area contributed by atoms with Gasteiger partial charge in [-0.15, -0.1) is 0 Å². The molecule has 0 aliphatic carbocycles. The summed E-state index contributed by atoms with van der Waals surface area (Å²) in [6, 6.07) is 10.8. The minimum atomic E-state index is -3.24. The van der Waals surface area contributed by atoms with Gasteiger partial charge in [0.15, 0.2) is 9.84 Å². The second-order valence-corrected chi connectivity index (χ2v) is 9.15. The molecule has 1 amide bonds. The van der Waals surface area contributed by atoms with Gasteiger partial charge >= 0.3 is 0 Å². The summed E-state index contributed by atoms with van der Waals surface area (Å²) in [6.07, 6.45) is 2.82. The highest BCUT2D eigenvalue weighted by atomic mass is 127. The van der Waals surface area contributed by atoms with Gasteiger partial charge in [0.2, 0.25) is 0 Å². The van der Waals surface area contributed by atoms with Gasteiger partial charge < -0.3 is 4.90 Å². The van der Waals surface area contributed by atoms with Crippen LogP contribution < -0.4 is 4.90 Å². The summed E-state index contributed by atoms with van der Waals surface area (Å²) >= 11 is 2.20. The number of fused-ring (bicyclic) bond motifs is 1. The van der Waals surface area contributed by atoms with E-state index >= 15 is 0 Å². The first kappa shape index (κ1) is 17.4. The van der Waals surface area contributed by atoms with E-state index in [1.165, 1.54) is 6.26 Å². The Morgan fingerprint density at radius 3 is 2.67 bits per heavy atom. The lowest BCUT2D eigenvalue weighted by molar-refractivity contribution is 0.0984. The van der Waals surface area contributed by atoms with Crippen LogP contribution in [0.25, 0.3) is 0 Å². The summed E-state index contributed by atoms with van der Waals surface area (Å²) in [4.78, 5) is 15.1. The molecule has 6 heteroatoms. The number of carbonyl (C=O) groups is 1. The molecule has 0 N–H and O–H groups in total. The minimum Gasteiger partial charge on any atom is -0.308 e. The van der Waals surface area contributed by atoms with Gasteiger partial charge in [0.1, 0.15) is 0 Å². The monoisotopic (exact) mass is 455 g/mol. The average molecular weight is 455 g/mol. The van der Waals surface area contributed by atoms with Crippen molar-refractivity contribution in [3.8, 4) is 0 Å². The Bertz CT molecular complexity index is 922. The molecule has 2 aromatic carbocycles. The molecule has 24 heavy (non-hydrogen) atoms. The van der Waals surface area contributed by atoms with Crippen molar-refractivity contribution in [1.82, 2.24) is 0 Å². The van der Waals surface area contributed by atoms with Gasteiger partial charge in [-0.1, -0.05) is 12.1 Å². The van der Waals surface area contributed by atoms with E-state index in [4.69, 9.17) is 0 Å². The molecule has 1 heterocycles. The van der Waals surface area contributed by atoms with Crippen molar-refractivity contribution < 1.29 is 13.2 Å². The van der Waals surface area contributed by atoms with Crippen LogP contribution in [0.15, 0.2) is 41.3 Å². The number of amides is 1. The lowest BCUT2D eigenvalue weighted by Crippen LogP contribution is -2.36. The Labute approximate surface area is 155 Å². The fourth-order valence-corrected chi connectivity index (χ4v) is 4.23. The van der Waals surface area contributed by atoms with Crippen molar-refractivity contribution in [2.45, 2.75) is 24.7 Å². The third-order valence-electron chi connectivity index (χ3n) is 4.27. The predicted molar refractivity (Wildman–Crippen MR) is 103 cm³/mol. The SMILES string of the molecule is Cc1cccc(C(=O)N2CCCc3cc(S(C)(=O)=O)ccc32)c1I. The number of carbonyl (C=O) groups excluding carboxylic acids is 1. The number of aryl methyl sites for hydroxylation is 2. The predicted octanol–water partition coefficient (Wildman–Crippen LogP) is 3.60. The Morgan fingerprint density at radius 1 is 1.21 bits per heavy atom. The standard InChI is InChI=1S/C18H18INO3S/c1-12-5-3-7-15(17(12)19)18(21)20-10-4-6-13-11-14(24(2,22)23)8-9-16(13)20/h3,5,7-9,11H,4,6,10H2,1-2H3. The molecule has 0 saturated carbocycles. The largest absolute Gasteiger partial charge is 0.308 e. The zero-order chi connectivity index (χ0) is 17.5. The van der Waals surface area contributed by atoms with Crippen molar-refractivity contribution in [2.24, 2.45) is 0 Å². The number of hydrogen-bond donors (Lipinski definition) is 0. The normalized spacial score (nSPS) is 14.4. The molecular formula is C18H18INO3S. The third-order valence-corrected chi connectivity index (χ3v) is 6.81. The molecule has 126 valence electrons. The van der Waals surface area contributed by atoms with E-state index in [1.807, 2.05) is 25.1 Å². The first-order chi connectivity index (χ1) is 11.3. The number of nitrogens with zero attached hydrogens (tertiary/aromatic N) is 1. The second kappa shape index (κ2) is 6.48. The fourth-order valence-electron chi connectivity index (χ4n) is 2.97. The highest BCUT2D eigenvalue weighted by Crippen LogP contribution is 2.31. The second-order valence-electron chi connectivity index (χ2n) is 6.06. The number of rotatable bonds is 2. The summed E-state index contributed by atoms with van der Waals surface area (Å²) in [6.45, 7) is 2.63. The molecule has 0 bridgehead atoms. The molecule has 4 nitrogen and oxygen atoms in total. The van der Waals surface area contributed by atoms with Crippen LogP contribution in [-0.2, 0) is 16.3 Å². The summed E-state index contributed by atoms with van der Waals surface area (Å²) in [5.41, 5.74) is 3.50. The molecule has 0 unspecified atom stereocenters. The van der Waals surface area contributed by atoms with Gasteiger partial charge in [-0.25, -0.2) is 8.42 Å². The Hall–Kier alpha value is -1.41. The van der Waals surface area contributed by atoms with Crippen molar-refractivity contribution in [3.05, 3.63) is 56.7 Å². The van der Waals surface area contributed by atoms with Gasteiger partial charge in [0.05, 0.1) is 10.5 Å². The molecule has 0 radical (unpaired) electrons. The number of halogens is 1. The molecule has 0 aromatic heterocycles. The molecule has 0 saturated heterocycles. The third kappa shape index (κ3) is 3.21. The maximum atomic E-state index is 13.0. The molecule has 1 aliphatic rings. The van der Waals surface area contributed by atoms with E-state index in [9.17, 15) is 13.2 Å². The topological polar surface area (TPSA) is 54.5 Å². The molecule has 0 spiro atoms. The van der Waals surface area contributed by atoms with Crippen LogP contribution in [0.2, 0.25) is 0 Å². The quantitative estimate of drug-likeness (QED) is 0.651. The van der Waals surface area contributed by atoms with Gasteiger partial charge in [0.25, 0.3) is 5.91 Å². The van der Waals surface area contributed by atoms with Crippen LogP contribution in [-0.4, -0.2) is 27.1 Å². The smallest absolute Gasteiger partial charge is 0.259 e. The highest BCUT2D eigenvalue weighted by molar-refractivity contribution is 14.1. The Morgan fingerprint density at radius 2 is 1.96 bits per heavy atom. The molecule has 0 atom stereocenters. The van der Waals surface area contributed by atoms with E-state index in [0.29, 0.717) is 17.0 Å². The lowest BCUT2D eigenvalue weighted by atomic mass is 10.0. The minimum absolute atomic E-state index is 0.0313. The lowest BCUT2D eigenvalue weighted by Gasteiger charge is -2.30. The van der Waals surface area contributed by atoms with Gasteiger partial charge in [-0.05, 0) is 77.7 Å². The van der Waals surface area contributed by atoms with E-state index < -0.39 is 9.84 Å². The molecule has 2 aromatic rings. The number of hydrogen-bond acceptors (Lipinski definition) is 3. The van der Waals surface area contributed by atoms with E-state index in [-0.39, 0.29) is 5.91 Å². The van der Waals surface area contributed by atoms with Crippen LogP contribution in [0.3, 0.4) is 0 Å². The van der Waals surface area contributed by atoms with Crippen molar-refractivity contribution in [1.29, 1.82) is 0 Å². The van der Waals surface area contributed by atoms with Crippen LogP contribution in [0.5, 0.6) is 0 Å². The zero-order valence-corrected chi connectivity index (χ0v) is 16.5. The first-order valence-electron chi connectivity index (χ1n) is 7.69. The fraction of sp³-hybridized carbons (Fsp3) is 0.278. The van der Waals surface area contributed by atoms with E-state index in [0.717, 1.165) is 33.2 Å². The average Bonchev–Trinajstić information content (AvgIpc) is 2.55. The Kier molecular flexibility index (Phi) is 4.70. The highest BCUT2D eigenvalue weighted by Gasteiger charge is 2.26.